The number of halogens is 3. The fraction of sp³-hybridized carbons (Fsp3) is 0.500. The van der Waals surface area contributed by atoms with Crippen LogP contribution in [0.25, 0.3) is 0 Å². The van der Waals surface area contributed by atoms with Gasteiger partial charge in [0.1, 0.15) is 0 Å². The number of rotatable bonds is 6. The van der Waals surface area contributed by atoms with Crippen molar-refractivity contribution in [3.8, 4) is 0 Å². The lowest BCUT2D eigenvalue weighted by Crippen LogP contribution is -2.10. The summed E-state index contributed by atoms with van der Waals surface area (Å²) in [6.45, 7) is 0.764. The second kappa shape index (κ2) is 7.01. The number of nitrogens with two attached hydrogens (primary N) is 1. The van der Waals surface area contributed by atoms with Crippen LogP contribution in [0.5, 0.6) is 0 Å². The highest BCUT2D eigenvalue weighted by molar-refractivity contribution is 7.99. The number of methoxy groups -OCH3 is 1. The monoisotopic (exact) mass is 279 g/mol. The van der Waals surface area contributed by atoms with Gasteiger partial charge in [0, 0.05) is 17.8 Å². The van der Waals surface area contributed by atoms with Gasteiger partial charge in [-0.3, -0.25) is 0 Å². The van der Waals surface area contributed by atoms with Crippen molar-refractivity contribution in [1.29, 1.82) is 0 Å². The first-order valence-electron chi connectivity index (χ1n) is 5.51. The Morgan fingerprint density at radius 2 is 2.06 bits per heavy atom. The highest BCUT2D eigenvalue weighted by Crippen LogP contribution is 2.37. The summed E-state index contributed by atoms with van der Waals surface area (Å²) >= 11 is 1.15. The lowest BCUT2D eigenvalue weighted by molar-refractivity contribution is -0.139. The number of hydrogen-bond donors (Lipinski definition) is 1. The Morgan fingerprint density at radius 3 is 2.61 bits per heavy atom. The van der Waals surface area contributed by atoms with E-state index in [1.807, 2.05) is 0 Å². The summed E-state index contributed by atoms with van der Waals surface area (Å²) in [5.74, 6) is 0.496. The van der Waals surface area contributed by atoms with Gasteiger partial charge in [-0.15, -0.1) is 11.8 Å². The Hall–Kier alpha value is -0.720. The summed E-state index contributed by atoms with van der Waals surface area (Å²) in [7, 11) is 1.52. The molecule has 0 aliphatic carbocycles. The summed E-state index contributed by atoms with van der Waals surface area (Å²) in [4.78, 5) is 0.236. The normalized spacial score (nSPS) is 11.8. The lowest BCUT2D eigenvalue weighted by atomic mass is 10.1. The third kappa shape index (κ3) is 4.51. The van der Waals surface area contributed by atoms with Gasteiger partial charge in [-0.1, -0.05) is 6.07 Å². The summed E-state index contributed by atoms with van der Waals surface area (Å²) in [5.41, 5.74) is 5.38. The standard InChI is InChI=1S/C12H16F3NOS/c1-17-6-7-18-11-3-2-9(4-5-16)8-10(11)12(13,14)15/h2-3,8H,4-7,16H2,1H3. The quantitative estimate of drug-likeness (QED) is 0.642. The van der Waals surface area contributed by atoms with Crippen molar-refractivity contribution >= 4 is 11.8 Å². The van der Waals surface area contributed by atoms with Crippen LogP contribution in [0.3, 0.4) is 0 Å². The van der Waals surface area contributed by atoms with E-state index < -0.39 is 11.7 Å². The molecule has 1 rings (SSSR count). The molecule has 0 saturated heterocycles. The molecule has 2 nitrogen and oxygen atoms in total. The summed E-state index contributed by atoms with van der Waals surface area (Å²) < 4.78 is 43.5. The van der Waals surface area contributed by atoms with Gasteiger partial charge < -0.3 is 10.5 Å². The molecule has 1 aromatic rings. The molecular formula is C12H16F3NOS. The van der Waals surface area contributed by atoms with E-state index in [-0.39, 0.29) is 4.90 Å². The van der Waals surface area contributed by atoms with Gasteiger partial charge in [-0.2, -0.15) is 13.2 Å². The van der Waals surface area contributed by atoms with Crippen molar-refractivity contribution < 1.29 is 17.9 Å². The van der Waals surface area contributed by atoms with Crippen LogP contribution >= 0.6 is 11.8 Å². The first kappa shape index (κ1) is 15.3. The maximum Gasteiger partial charge on any atom is 0.417 e. The van der Waals surface area contributed by atoms with Gasteiger partial charge in [-0.25, -0.2) is 0 Å². The summed E-state index contributed by atoms with van der Waals surface area (Å²) in [6.07, 6.45) is -3.88. The third-order valence-corrected chi connectivity index (χ3v) is 3.37. The Bertz CT molecular complexity index is 382. The molecule has 102 valence electrons. The molecule has 0 bridgehead atoms. The van der Waals surface area contributed by atoms with E-state index in [1.165, 1.54) is 19.2 Å². The zero-order valence-corrected chi connectivity index (χ0v) is 10.9. The summed E-state index contributed by atoms with van der Waals surface area (Å²) in [6, 6.07) is 4.38. The fourth-order valence-electron chi connectivity index (χ4n) is 1.48. The molecule has 0 heterocycles. The Morgan fingerprint density at radius 1 is 1.33 bits per heavy atom. The van der Waals surface area contributed by atoms with Crippen LogP contribution < -0.4 is 5.73 Å². The first-order chi connectivity index (χ1) is 8.49. The van der Waals surface area contributed by atoms with Crippen molar-refractivity contribution in [3.63, 3.8) is 0 Å². The SMILES string of the molecule is COCCSc1ccc(CCN)cc1C(F)(F)F. The van der Waals surface area contributed by atoms with Crippen molar-refractivity contribution in [3.05, 3.63) is 29.3 Å². The second-order valence-corrected chi connectivity index (χ2v) is 4.84. The molecule has 6 heteroatoms. The number of alkyl halides is 3. The fourth-order valence-corrected chi connectivity index (χ4v) is 2.45. The van der Waals surface area contributed by atoms with E-state index in [9.17, 15) is 13.2 Å². The smallest absolute Gasteiger partial charge is 0.384 e. The minimum Gasteiger partial charge on any atom is -0.384 e. The predicted octanol–water partition coefficient (Wildman–Crippen LogP) is 2.95. The highest BCUT2D eigenvalue weighted by atomic mass is 32.2. The number of benzene rings is 1. The molecule has 0 aromatic heterocycles. The molecule has 1 aromatic carbocycles. The molecule has 0 spiro atoms. The molecule has 0 amide bonds. The molecule has 0 atom stereocenters. The molecule has 2 N–H and O–H groups in total. The molecule has 0 saturated carbocycles. The van der Waals surface area contributed by atoms with Gasteiger partial charge in [0.2, 0.25) is 0 Å². The summed E-state index contributed by atoms with van der Waals surface area (Å²) in [5, 5.41) is 0. The van der Waals surface area contributed by atoms with Crippen LogP contribution in [0.15, 0.2) is 23.1 Å². The van der Waals surface area contributed by atoms with Crippen LogP contribution in [0.4, 0.5) is 13.2 Å². The average Bonchev–Trinajstić information content (AvgIpc) is 2.30. The van der Waals surface area contributed by atoms with E-state index in [0.29, 0.717) is 30.9 Å². The zero-order chi connectivity index (χ0) is 13.6. The molecule has 0 aliphatic rings. The van der Waals surface area contributed by atoms with E-state index in [1.54, 1.807) is 6.07 Å². The average molecular weight is 279 g/mol. The van der Waals surface area contributed by atoms with E-state index >= 15 is 0 Å². The van der Waals surface area contributed by atoms with Crippen LogP contribution in [0.1, 0.15) is 11.1 Å². The Balaban J connectivity index is 2.94. The minimum atomic E-state index is -4.33. The van der Waals surface area contributed by atoms with Crippen molar-refractivity contribution in [2.75, 3.05) is 26.0 Å². The maximum atomic E-state index is 12.9. The van der Waals surface area contributed by atoms with Crippen molar-refractivity contribution in [2.45, 2.75) is 17.5 Å². The van der Waals surface area contributed by atoms with Crippen LogP contribution in [-0.4, -0.2) is 26.0 Å². The number of thioether (sulfide) groups is 1. The van der Waals surface area contributed by atoms with Gasteiger partial charge in [0.25, 0.3) is 0 Å². The lowest BCUT2D eigenvalue weighted by Gasteiger charge is -2.14. The molecule has 0 radical (unpaired) electrons. The predicted molar refractivity (Wildman–Crippen MR) is 66.8 cm³/mol. The van der Waals surface area contributed by atoms with Crippen molar-refractivity contribution in [1.82, 2.24) is 0 Å². The van der Waals surface area contributed by atoms with Gasteiger partial charge >= 0.3 is 6.18 Å². The van der Waals surface area contributed by atoms with Crippen molar-refractivity contribution in [2.24, 2.45) is 5.73 Å². The molecule has 0 aliphatic heterocycles. The number of hydrogen-bond acceptors (Lipinski definition) is 3. The van der Waals surface area contributed by atoms with Crippen LogP contribution in [-0.2, 0) is 17.3 Å². The van der Waals surface area contributed by atoms with E-state index in [0.717, 1.165) is 11.8 Å². The van der Waals surface area contributed by atoms with Crippen LogP contribution in [0, 0.1) is 0 Å². The highest BCUT2D eigenvalue weighted by Gasteiger charge is 2.33. The second-order valence-electron chi connectivity index (χ2n) is 3.71. The van der Waals surface area contributed by atoms with Crippen LogP contribution in [0.2, 0.25) is 0 Å². The largest absolute Gasteiger partial charge is 0.417 e. The maximum absolute atomic E-state index is 12.9. The Labute approximate surface area is 109 Å². The molecule has 0 fully saturated rings. The molecular weight excluding hydrogens is 263 g/mol. The third-order valence-electron chi connectivity index (χ3n) is 2.33. The minimum absolute atomic E-state index is 0.236. The molecule has 18 heavy (non-hydrogen) atoms. The van der Waals surface area contributed by atoms with E-state index in [4.69, 9.17) is 10.5 Å². The topological polar surface area (TPSA) is 35.2 Å². The van der Waals surface area contributed by atoms with Gasteiger partial charge in [-0.05, 0) is 30.7 Å². The van der Waals surface area contributed by atoms with Gasteiger partial charge in [0.05, 0.1) is 12.2 Å². The molecule has 0 unspecified atom stereocenters. The first-order valence-corrected chi connectivity index (χ1v) is 6.49. The zero-order valence-electron chi connectivity index (χ0n) is 10.1. The van der Waals surface area contributed by atoms with E-state index in [2.05, 4.69) is 0 Å². The Kier molecular flexibility index (Phi) is 5.98. The number of ether oxygens (including phenoxy) is 1. The van der Waals surface area contributed by atoms with Gasteiger partial charge in [0.15, 0.2) is 0 Å².